The number of hydrogen-bond donors (Lipinski definition) is 1. The lowest BCUT2D eigenvalue weighted by Crippen LogP contribution is -3.06. The molecule has 2 aromatic carbocycles. The Hall–Kier alpha value is -2.84. The Bertz CT molecular complexity index is 981. The molecule has 0 saturated heterocycles. The van der Waals surface area contributed by atoms with Crippen LogP contribution < -0.4 is 24.0 Å². The minimum Gasteiger partial charge on any atom is -0.497 e. The van der Waals surface area contributed by atoms with Crippen LogP contribution in [0.5, 0.6) is 17.2 Å². The smallest absolute Gasteiger partial charge is 0.260 e. The number of hydrogen-bond acceptors (Lipinski definition) is 6. The van der Waals surface area contributed by atoms with Crippen molar-refractivity contribution in [2.24, 2.45) is 0 Å². The highest BCUT2D eigenvalue weighted by Crippen LogP contribution is 2.33. The Labute approximate surface area is 174 Å². The number of anilines is 1. The number of nitrogens with one attached hydrogen (secondary N) is 1. The SMILES string of the molecule is COc1cc(OC)cc(C(=O)N(CC[NH+](C)C)c2nc3ccc(OC)cc3s2)c1. The number of carbonyl (C=O) groups excluding carboxylic acids is 1. The third-order valence-corrected chi connectivity index (χ3v) is 5.54. The molecule has 1 N–H and O–H groups in total. The molecule has 8 heteroatoms. The quantitative estimate of drug-likeness (QED) is 0.609. The summed E-state index contributed by atoms with van der Waals surface area (Å²) in [5.41, 5.74) is 1.33. The predicted octanol–water partition coefficient (Wildman–Crippen LogP) is 2.11. The van der Waals surface area contributed by atoms with Gasteiger partial charge in [0.25, 0.3) is 5.91 Å². The highest BCUT2D eigenvalue weighted by Gasteiger charge is 2.23. The first-order valence-corrected chi connectivity index (χ1v) is 10.1. The molecule has 0 aliphatic carbocycles. The third kappa shape index (κ3) is 4.78. The van der Waals surface area contributed by atoms with E-state index in [9.17, 15) is 4.79 Å². The number of quaternary nitrogens is 1. The molecule has 0 unspecified atom stereocenters. The molecule has 0 bridgehead atoms. The number of rotatable bonds is 8. The van der Waals surface area contributed by atoms with Gasteiger partial charge in [0.15, 0.2) is 5.13 Å². The largest absolute Gasteiger partial charge is 0.497 e. The lowest BCUT2D eigenvalue weighted by Gasteiger charge is -2.21. The van der Waals surface area contributed by atoms with Crippen molar-refractivity contribution in [1.29, 1.82) is 0 Å². The van der Waals surface area contributed by atoms with Crippen molar-refractivity contribution in [3.8, 4) is 17.2 Å². The Morgan fingerprint density at radius 1 is 1.00 bits per heavy atom. The van der Waals surface area contributed by atoms with Gasteiger partial charge in [-0.15, -0.1) is 0 Å². The second-order valence-corrected chi connectivity index (χ2v) is 7.85. The fourth-order valence-corrected chi connectivity index (χ4v) is 3.86. The molecule has 0 aliphatic heterocycles. The number of methoxy groups -OCH3 is 3. The zero-order valence-corrected chi connectivity index (χ0v) is 18.1. The minimum absolute atomic E-state index is 0.144. The number of benzene rings is 2. The second-order valence-electron chi connectivity index (χ2n) is 6.85. The number of likely N-dealkylation sites (N-methyl/N-ethyl adjacent to an activating group) is 1. The molecular weight excluding hydrogens is 390 g/mol. The van der Waals surface area contributed by atoms with Gasteiger partial charge in [-0.25, -0.2) is 4.98 Å². The average Bonchev–Trinajstić information content (AvgIpc) is 3.15. The van der Waals surface area contributed by atoms with Gasteiger partial charge in [0.1, 0.15) is 17.2 Å². The monoisotopic (exact) mass is 416 g/mol. The second kappa shape index (κ2) is 9.11. The summed E-state index contributed by atoms with van der Waals surface area (Å²) in [6, 6.07) is 10.9. The predicted molar refractivity (Wildman–Crippen MR) is 115 cm³/mol. The highest BCUT2D eigenvalue weighted by atomic mass is 32.1. The zero-order valence-electron chi connectivity index (χ0n) is 17.3. The van der Waals surface area contributed by atoms with Crippen LogP contribution in [0.3, 0.4) is 0 Å². The van der Waals surface area contributed by atoms with Crippen molar-refractivity contribution >= 4 is 32.6 Å². The lowest BCUT2D eigenvalue weighted by atomic mass is 10.1. The van der Waals surface area contributed by atoms with E-state index in [1.165, 1.54) is 16.2 Å². The van der Waals surface area contributed by atoms with E-state index in [1.807, 2.05) is 18.2 Å². The van der Waals surface area contributed by atoms with Crippen LogP contribution in [0.25, 0.3) is 10.2 Å². The summed E-state index contributed by atoms with van der Waals surface area (Å²) in [6.45, 7) is 1.32. The normalized spacial score (nSPS) is 11.0. The summed E-state index contributed by atoms with van der Waals surface area (Å²) in [5, 5.41) is 0.654. The summed E-state index contributed by atoms with van der Waals surface area (Å²) in [7, 11) is 8.88. The van der Waals surface area contributed by atoms with Crippen molar-refractivity contribution in [3.05, 3.63) is 42.0 Å². The molecule has 0 spiro atoms. The summed E-state index contributed by atoms with van der Waals surface area (Å²) < 4.78 is 16.9. The molecule has 154 valence electrons. The molecule has 0 atom stereocenters. The molecular formula is C21H26N3O4S+. The molecule has 0 fully saturated rings. The average molecular weight is 417 g/mol. The van der Waals surface area contributed by atoms with E-state index in [0.717, 1.165) is 22.5 Å². The van der Waals surface area contributed by atoms with E-state index in [2.05, 4.69) is 14.1 Å². The number of fused-ring (bicyclic) bond motifs is 1. The number of carbonyl (C=O) groups is 1. The molecule has 1 heterocycles. The van der Waals surface area contributed by atoms with E-state index in [0.29, 0.717) is 28.7 Å². The molecule has 1 amide bonds. The van der Waals surface area contributed by atoms with E-state index in [1.54, 1.807) is 44.4 Å². The van der Waals surface area contributed by atoms with Crippen molar-refractivity contribution in [1.82, 2.24) is 4.98 Å². The number of ether oxygens (including phenoxy) is 3. The Morgan fingerprint density at radius 3 is 2.24 bits per heavy atom. The van der Waals surface area contributed by atoms with Gasteiger partial charge in [-0.05, 0) is 30.3 Å². The molecule has 1 aromatic heterocycles. The van der Waals surface area contributed by atoms with Gasteiger partial charge in [-0.2, -0.15) is 0 Å². The topological polar surface area (TPSA) is 65.3 Å². The number of nitrogens with zero attached hydrogens (tertiary/aromatic N) is 2. The summed E-state index contributed by atoms with van der Waals surface area (Å²) >= 11 is 1.47. The fourth-order valence-electron chi connectivity index (χ4n) is 2.84. The highest BCUT2D eigenvalue weighted by molar-refractivity contribution is 7.22. The van der Waals surface area contributed by atoms with Gasteiger partial charge < -0.3 is 19.1 Å². The molecule has 3 aromatic rings. The van der Waals surface area contributed by atoms with Gasteiger partial charge in [-0.1, -0.05) is 11.3 Å². The van der Waals surface area contributed by atoms with E-state index < -0.39 is 0 Å². The van der Waals surface area contributed by atoms with Gasteiger partial charge in [0, 0.05) is 11.6 Å². The first kappa shape index (κ1) is 20.9. The van der Waals surface area contributed by atoms with Gasteiger partial charge in [0.05, 0.1) is 58.7 Å². The molecule has 0 saturated carbocycles. The number of thiazole rings is 1. The van der Waals surface area contributed by atoms with Crippen molar-refractivity contribution in [2.45, 2.75) is 0 Å². The van der Waals surface area contributed by atoms with Crippen LogP contribution in [0.4, 0.5) is 5.13 Å². The first-order chi connectivity index (χ1) is 13.9. The van der Waals surface area contributed by atoms with Crippen LogP contribution in [-0.2, 0) is 0 Å². The van der Waals surface area contributed by atoms with Crippen molar-refractivity contribution < 1.29 is 23.9 Å². The minimum atomic E-state index is -0.144. The standard InChI is InChI=1S/C21H25N3O4S/c1-23(2)8-9-24(20(25)14-10-16(27-4)12-17(11-14)28-5)21-22-18-7-6-15(26-3)13-19(18)29-21/h6-7,10-13H,8-9H2,1-5H3/p+1. The van der Waals surface area contributed by atoms with Crippen LogP contribution in [0.1, 0.15) is 10.4 Å². The molecule has 29 heavy (non-hydrogen) atoms. The fraction of sp³-hybridized carbons (Fsp3) is 0.333. The van der Waals surface area contributed by atoms with E-state index >= 15 is 0 Å². The summed E-state index contributed by atoms with van der Waals surface area (Å²) in [4.78, 5) is 21.1. The number of aromatic nitrogens is 1. The van der Waals surface area contributed by atoms with Crippen LogP contribution in [0, 0.1) is 0 Å². The first-order valence-electron chi connectivity index (χ1n) is 9.23. The zero-order chi connectivity index (χ0) is 21.0. The van der Waals surface area contributed by atoms with Crippen LogP contribution in [-0.4, -0.2) is 59.4 Å². The molecule has 0 aliphatic rings. The molecule has 3 rings (SSSR count). The van der Waals surface area contributed by atoms with Crippen LogP contribution >= 0.6 is 11.3 Å². The van der Waals surface area contributed by atoms with E-state index in [4.69, 9.17) is 19.2 Å². The van der Waals surface area contributed by atoms with Gasteiger partial charge in [0.2, 0.25) is 0 Å². The molecule has 0 radical (unpaired) electrons. The Kier molecular flexibility index (Phi) is 6.56. The lowest BCUT2D eigenvalue weighted by molar-refractivity contribution is -0.856. The Balaban J connectivity index is 2.02. The number of amides is 1. The summed E-state index contributed by atoms with van der Waals surface area (Å²) in [6.07, 6.45) is 0. The van der Waals surface area contributed by atoms with Gasteiger partial charge >= 0.3 is 0 Å². The van der Waals surface area contributed by atoms with Crippen LogP contribution in [0.15, 0.2) is 36.4 Å². The van der Waals surface area contributed by atoms with E-state index in [-0.39, 0.29) is 5.91 Å². The van der Waals surface area contributed by atoms with Crippen molar-refractivity contribution in [2.75, 3.05) is 53.4 Å². The third-order valence-electron chi connectivity index (χ3n) is 4.49. The van der Waals surface area contributed by atoms with Crippen molar-refractivity contribution in [3.63, 3.8) is 0 Å². The van der Waals surface area contributed by atoms with Gasteiger partial charge in [-0.3, -0.25) is 9.69 Å². The maximum absolute atomic E-state index is 13.4. The van der Waals surface area contributed by atoms with Crippen LogP contribution in [0.2, 0.25) is 0 Å². The Morgan fingerprint density at radius 2 is 1.66 bits per heavy atom. The maximum atomic E-state index is 13.4. The summed E-state index contributed by atoms with van der Waals surface area (Å²) in [5.74, 6) is 1.76. The molecule has 7 nitrogen and oxygen atoms in total. The maximum Gasteiger partial charge on any atom is 0.260 e.